The van der Waals surface area contributed by atoms with Gasteiger partial charge in [0.2, 0.25) is 0 Å². The van der Waals surface area contributed by atoms with E-state index in [1.165, 1.54) is 24.1 Å². The van der Waals surface area contributed by atoms with Crippen molar-refractivity contribution >= 4 is 5.69 Å². The minimum atomic E-state index is 0.00539. The van der Waals surface area contributed by atoms with Crippen molar-refractivity contribution < 1.29 is 0 Å². The SMILES string of the molecule is CCc1cc(C)c(=O)[nH]c1-c1ccc(N2CCCC2)cc1. The van der Waals surface area contributed by atoms with E-state index < -0.39 is 0 Å². The summed E-state index contributed by atoms with van der Waals surface area (Å²) in [6.07, 6.45) is 3.49. The molecule has 1 N–H and O–H groups in total. The Balaban J connectivity index is 1.97. The molecule has 3 heteroatoms. The summed E-state index contributed by atoms with van der Waals surface area (Å²) in [6.45, 7) is 6.29. The lowest BCUT2D eigenvalue weighted by Crippen LogP contribution is -2.17. The molecule has 0 amide bonds. The molecule has 0 aliphatic carbocycles. The Hall–Kier alpha value is -2.03. The molecule has 1 aromatic heterocycles. The van der Waals surface area contributed by atoms with Crippen molar-refractivity contribution in [2.45, 2.75) is 33.1 Å². The normalized spacial score (nSPS) is 14.7. The summed E-state index contributed by atoms with van der Waals surface area (Å²) in [7, 11) is 0. The van der Waals surface area contributed by atoms with Gasteiger partial charge in [0, 0.05) is 24.3 Å². The number of rotatable bonds is 3. The van der Waals surface area contributed by atoms with Crippen LogP contribution in [0.25, 0.3) is 11.3 Å². The molecule has 3 nitrogen and oxygen atoms in total. The molecule has 0 radical (unpaired) electrons. The highest BCUT2D eigenvalue weighted by Gasteiger charge is 2.13. The number of aromatic amines is 1. The smallest absolute Gasteiger partial charge is 0.251 e. The Labute approximate surface area is 125 Å². The van der Waals surface area contributed by atoms with Crippen LogP contribution in [0.1, 0.15) is 30.9 Å². The van der Waals surface area contributed by atoms with E-state index in [-0.39, 0.29) is 5.56 Å². The topological polar surface area (TPSA) is 36.1 Å². The Morgan fingerprint density at radius 2 is 1.81 bits per heavy atom. The number of aryl methyl sites for hydroxylation is 2. The fourth-order valence-electron chi connectivity index (χ4n) is 3.04. The molecule has 2 heterocycles. The lowest BCUT2D eigenvalue weighted by atomic mass is 10.0. The summed E-state index contributed by atoms with van der Waals surface area (Å²) < 4.78 is 0. The van der Waals surface area contributed by atoms with Gasteiger partial charge in [0.1, 0.15) is 0 Å². The number of pyridine rings is 1. The zero-order valence-electron chi connectivity index (χ0n) is 12.8. The molecule has 1 fully saturated rings. The average molecular weight is 282 g/mol. The van der Waals surface area contributed by atoms with Crippen LogP contribution in [-0.2, 0) is 6.42 Å². The lowest BCUT2D eigenvalue weighted by Gasteiger charge is -2.18. The largest absolute Gasteiger partial charge is 0.372 e. The first-order chi connectivity index (χ1) is 10.2. The van der Waals surface area contributed by atoms with Gasteiger partial charge < -0.3 is 9.88 Å². The third kappa shape index (κ3) is 2.73. The number of H-pyrrole nitrogens is 1. The van der Waals surface area contributed by atoms with Crippen molar-refractivity contribution in [3.8, 4) is 11.3 Å². The van der Waals surface area contributed by atoms with Gasteiger partial charge in [-0.25, -0.2) is 0 Å². The van der Waals surface area contributed by atoms with E-state index in [2.05, 4.69) is 41.1 Å². The molecule has 0 atom stereocenters. The Morgan fingerprint density at radius 3 is 2.43 bits per heavy atom. The quantitative estimate of drug-likeness (QED) is 0.935. The van der Waals surface area contributed by atoms with Crippen LogP contribution in [0.3, 0.4) is 0 Å². The fraction of sp³-hybridized carbons (Fsp3) is 0.389. The molecule has 2 aromatic rings. The second kappa shape index (κ2) is 5.76. The second-order valence-electron chi connectivity index (χ2n) is 5.78. The van der Waals surface area contributed by atoms with E-state index >= 15 is 0 Å². The van der Waals surface area contributed by atoms with Gasteiger partial charge in [0.15, 0.2) is 0 Å². The molecule has 1 saturated heterocycles. The Kier molecular flexibility index (Phi) is 3.82. The maximum absolute atomic E-state index is 11.9. The maximum Gasteiger partial charge on any atom is 0.251 e. The van der Waals surface area contributed by atoms with Gasteiger partial charge in [0.05, 0.1) is 5.69 Å². The van der Waals surface area contributed by atoms with Crippen molar-refractivity contribution in [3.63, 3.8) is 0 Å². The third-order valence-corrected chi connectivity index (χ3v) is 4.32. The zero-order chi connectivity index (χ0) is 14.8. The van der Waals surface area contributed by atoms with Gasteiger partial charge in [-0.15, -0.1) is 0 Å². The number of benzene rings is 1. The first kappa shape index (κ1) is 13.9. The van der Waals surface area contributed by atoms with E-state index in [9.17, 15) is 4.79 Å². The summed E-state index contributed by atoms with van der Waals surface area (Å²) in [5.74, 6) is 0. The second-order valence-corrected chi connectivity index (χ2v) is 5.78. The molecule has 110 valence electrons. The molecule has 0 bridgehead atoms. The van der Waals surface area contributed by atoms with Gasteiger partial charge in [-0.05, 0) is 55.5 Å². The summed E-state index contributed by atoms with van der Waals surface area (Å²) in [5.41, 5.74) is 5.31. The zero-order valence-corrected chi connectivity index (χ0v) is 12.8. The van der Waals surface area contributed by atoms with Crippen LogP contribution < -0.4 is 10.5 Å². The predicted octanol–water partition coefficient (Wildman–Crippen LogP) is 3.51. The molecule has 0 unspecified atom stereocenters. The summed E-state index contributed by atoms with van der Waals surface area (Å²) in [5, 5.41) is 0. The monoisotopic (exact) mass is 282 g/mol. The van der Waals surface area contributed by atoms with E-state index in [4.69, 9.17) is 0 Å². The molecular weight excluding hydrogens is 260 g/mol. The number of anilines is 1. The lowest BCUT2D eigenvalue weighted by molar-refractivity contribution is 0.949. The average Bonchev–Trinajstić information content (AvgIpc) is 3.04. The van der Waals surface area contributed by atoms with Crippen molar-refractivity contribution in [1.82, 2.24) is 4.98 Å². The van der Waals surface area contributed by atoms with Crippen LogP contribution in [0.15, 0.2) is 35.1 Å². The van der Waals surface area contributed by atoms with Gasteiger partial charge in [0.25, 0.3) is 5.56 Å². The number of aromatic nitrogens is 1. The Morgan fingerprint density at radius 1 is 1.14 bits per heavy atom. The highest BCUT2D eigenvalue weighted by molar-refractivity contribution is 5.66. The van der Waals surface area contributed by atoms with Crippen LogP contribution in [0.5, 0.6) is 0 Å². The first-order valence-corrected chi connectivity index (χ1v) is 7.77. The van der Waals surface area contributed by atoms with Gasteiger partial charge >= 0.3 is 0 Å². The van der Waals surface area contributed by atoms with Crippen LogP contribution in [0.2, 0.25) is 0 Å². The molecule has 3 rings (SSSR count). The van der Waals surface area contributed by atoms with Crippen molar-refractivity contribution in [2.24, 2.45) is 0 Å². The van der Waals surface area contributed by atoms with Crippen molar-refractivity contribution in [3.05, 3.63) is 51.8 Å². The molecule has 1 aromatic carbocycles. The summed E-state index contributed by atoms with van der Waals surface area (Å²) >= 11 is 0. The summed E-state index contributed by atoms with van der Waals surface area (Å²) in [6, 6.07) is 10.6. The number of nitrogens with zero attached hydrogens (tertiary/aromatic N) is 1. The van der Waals surface area contributed by atoms with Gasteiger partial charge in [-0.3, -0.25) is 4.79 Å². The Bertz CT molecular complexity index is 679. The van der Waals surface area contributed by atoms with Crippen LogP contribution in [-0.4, -0.2) is 18.1 Å². The van der Waals surface area contributed by atoms with E-state index in [0.29, 0.717) is 0 Å². The van der Waals surface area contributed by atoms with E-state index in [1.54, 1.807) is 0 Å². The minimum Gasteiger partial charge on any atom is -0.372 e. The molecular formula is C18H22N2O. The highest BCUT2D eigenvalue weighted by atomic mass is 16.1. The van der Waals surface area contributed by atoms with Crippen molar-refractivity contribution in [2.75, 3.05) is 18.0 Å². The molecule has 21 heavy (non-hydrogen) atoms. The fourth-order valence-corrected chi connectivity index (χ4v) is 3.04. The molecule has 0 saturated carbocycles. The third-order valence-electron chi connectivity index (χ3n) is 4.32. The highest BCUT2D eigenvalue weighted by Crippen LogP contribution is 2.26. The number of hydrogen-bond acceptors (Lipinski definition) is 2. The maximum atomic E-state index is 11.9. The summed E-state index contributed by atoms with van der Waals surface area (Å²) in [4.78, 5) is 17.3. The van der Waals surface area contributed by atoms with Gasteiger partial charge in [-0.2, -0.15) is 0 Å². The van der Waals surface area contributed by atoms with Crippen molar-refractivity contribution in [1.29, 1.82) is 0 Å². The standard InChI is InChI=1S/C18H22N2O/c1-3-14-12-13(2)18(21)19-17(14)15-6-8-16(9-7-15)20-10-4-5-11-20/h6-9,12H,3-5,10-11H2,1-2H3,(H,19,21). The molecule has 1 aliphatic heterocycles. The van der Waals surface area contributed by atoms with Crippen LogP contribution in [0, 0.1) is 6.92 Å². The van der Waals surface area contributed by atoms with E-state index in [1.807, 2.05) is 13.0 Å². The van der Waals surface area contributed by atoms with Crippen LogP contribution >= 0.6 is 0 Å². The molecule has 0 spiro atoms. The minimum absolute atomic E-state index is 0.00539. The molecule has 1 aliphatic rings. The number of nitrogens with one attached hydrogen (secondary N) is 1. The van der Waals surface area contributed by atoms with E-state index in [0.717, 1.165) is 36.3 Å². The van der Waals surface area contributed by atoms with Gasteiger partial charge in [-0.1, -0.05) is 19.1 Å². The first-order valence-electron chi connectivity index (χ1n) is 7.77. The predicted molar refractivity (Wildman–Crippen MR) is 88.1 cm³/mol. The number of hydrogen-bond donors (Lipinski definition) is 1. The van der Waals surface area contributed by atoms with Crippen LogP contribution in [0.4, 0.5) is 5.69 Å².